The lowest BCUT2D eigenvalue weighted by Gasteiger charge is -2.28. The molecule has 0 fully saturated rings. The molecule has 2 nitrogen and oxygen atoms in total. The van der Waals surface area contributed by atoms with Crippen LogP contribution in [0.4, 0.5) is 0 Å². The molecule has 0 aromatic heterocycles. The fourth-order valence-electron chi connectivity index (χ4n) is 1.03. The van der Waals surface area contributed by atoms with Crippen LogP contribution < -0.4 is 0 Å². The molecule has 0 amide bonds. The molecule has 0 N–H and O–H groups in total. The molecule has 1 aliphatic rings. The first-order valence-corrected chi connectivity index (χ1v) is 3.54. The lowest BCUT2D eigenvalue weighted by atomic mass is 10.0. The van der Waals surface area contributed by atoms with Crippen molar-refractivity contribution in [3.8, 4) is 0 Å². The van der Waals surface area contributed by atoms with Crippen molar-refractivity contribution in [2.24, 2.45) is 0 Å². The summed E-state index contributed by atoms with van der Waals surface area (Å²) in [6, 6.07) is 0. The fourth-order valence-corrected chi connectivity index (χ4v) is 1.03. The highest BCUT2D eigenvalue weighted by atomic mass is 16.7. The van der Waals surface area contributed by atoms with Gasteiger partial charge < -0.3 is 9.47 Å². The zero-order chi connectivity index (χ0) is 8.32. The average Bonchev–Trinajstić information content (AvgIpc) is 2.07. The van der Waals surface area contributed by atoms with E-state index < -0.39 is 5.79 Å². The first-order chi connectivity index (χ1) is 5.22. The van der Waals surface area contributed by atoms with Gasteiger partial charge in [0.05, 0.1) is 0 Å². The SMILES string of the molecule is [CH2]C1=CCC(OC)(OC)C=C1. The zero-order valence-electron chi connectivity index (χ0n) is 6.96. The number of hydrogen-bond acceptors (Lipinski definition) is 2. The van der Waals surface area contributed by atoms with E-state index in [1.54, 1.807) is 14.2 Å². The van der Waals surface area contributed by atoms with Crippen LogP contribution in [-0.4, -0.2) is 20.0 Å². The molecule has 1 rings (SSSR count). The molecule has 0 unspecified atom stereocenters. The minimum absolute atomic E-state index is 0.554. The second-order valence-corrected chi connectivity index (χ2v) is 2.54. The third-order valence-corrected chi connectivity index (χ3v) is 1.89. The van der Waals surface area contributed by atoms with E-state index in [9.17, 15) is 0 Å². The summed E-state index contributed by atoms with van der Waals surface area (Å²) in [5, 5.41) is 0. The minimum atomic E-state index is -0.554. The summed E-state index contributed by atoms with van der Waals surface area (Å²) < 4.78 is 10.4. The van der Waals surface area contributed by atoms with Gasteiger partial charge in [-0.3, -0.25) is 0 Å². The Bertz CT molecular complexity index is 188. The van der Waals surface area contributed by atoms with Crippen LogP contribution in [0.15, 0.2) is 23.8 Å². The molecule has 0 aliphatic heterocycles. The first kappa shape index (κ1) is 8.50. The number of methoxy groups -OCH3 is 2. The van der Waals surface area contributed by atoms with Crippen LogP contribution >= 0.6 is 0 Å². The zero-order valence-corrected chi connectivity index (χ0v) is 6.96. The van der Waals surface area contributed by atoms with Crippen LogP contribution in [0.3, 0.4) is 0 Å². The molecule has 0 aromatic rings. The number of hydrogen-bond donors (Lipinski definition) is 0. The van der Waals surface area contributed by atoms with Gasteiger partial charge in [-0.05, 0) is 13.0 Å². The quantitative estimate of drug-likeness (QED) is 0.562. The summed E-state index contributed by atoms with van der Waals surface area (Å²) in [5.41, 5.74) is 1.01. The standard InChI is InChI=1S/C9H13O2/c1-8-4-6-9(10-2,11-3)7-5-8/h4-6H,1,7H2,2-3H3. The van der Waals surface area contributed by atoms with E-state index in [-0.39, 0.29) is 0 Å². The minimum Gasteiger partial charge on any atom is -0.349 e. The summed E-state index contributed by atoms with van der Waals surface area (Å²) in [6.07, 6.45) is 6.51. The Hall–Kier alpha value is -0.600. The van der Waals surface area contributed by atoms with Crippen LogP contribution in [0.5, 0.6) is 0 Å². The van der Waals surface area contributed by atoms with E-state index in [1.807, 2.05) is 18.2 Å². The Labute approximate surface area is 67.5 Å². The van der Waals surface area contributed by atoms with Gasteiger partial charge in [0.2, 0.25) is 0 Å². The summed E-state index contributed by atoms with van der Waals surface area (Å²) >= 11 is 0. The van der Waals surface area contributed by atoms with Crippen LogP contribution in [0.2, 0.25) is 0 Å². The maximum absolute atomic E-state index is 5.19. The molecule has 0 aromatic carbocycles. The molecule has 1 radical (unpaired) electrons. The second-order valence-electron chi connectivity index (χ2n) is 2.54. The third-order valence-electron chi connectivity index (χ3n) is 1.89. The van der Waals surface area contributed by atoms with Gasteiger partial charge in [-0.2, -0.15) is 0 Å². The maximum Gasteiger partial charge on any atom is 0.190 e. The normalized spacial score (nSPS) is 21.5. The van der Waals surface area contributed by atoms with Crippen molar-refractivity contribution in [2.75, 3.05) is 14.2 Å². The molecule has 11 heavy (non-hydrogen) atoms. The number of allylic oxidation sites excluding steroid dienone is 2. The van der Waals surface area contributed by atoms with Crippen molar-refractivity contribution in [3.05, 3.63) is 30.7 Å². The summed E-state index contributed by atoms with van der Waals surface area (Å²) in [6.45, 7) is 3.79. The van der Waals surface area contributed by atoms with E-state index in [2.05, 4.69) is 6.92 Å². The predicted molar refractivity (Wildman–Crippen MR) is 43.9 cm³/mol. The molecule has 61 valence electrons. The molecule has 2 heteroatoms. The molecular weight excluding hydrogens is 140 g/mol. The molecule has 0 spiro atoms. The van der Waals surface area contributed by atoms with Crippen LogP contribution in [0, 0.1) is 6.92 Å². The highest BCUT2D eigenvalue weighted by Crippen LogP contribution is 2.24. The van der Waals surface area contributed by atoms with E-state index in [4.69, 9.17) is 9.47 Å². The van der Waals surface area contributed by atoms with E-state index in [0.29, 0.717) is 0 Å². The highest BCUT2D eigenvalue weighted by molar-refractivity contribution is 5.28. The van der Waals surface area contributed by atoms with Gasteiger partial charge in [0, 0.05) is 20.6 Å². The topological polar surface area (TPSA) is 18.5 Å². The van der Waals surface area contributed by atoms with Crippen molar-refractivity contribution < 1.29 is 9.47 Å². The van der Waals surface area contributed by atoms with Gasteiger partial charge in [-0.15, -0.1) is 0 Å². The Morgan fingerprint density at radius 3 is 2.45 bits per heavy atom. The van der Waals surface area contributed by atoms with Crippen LogP contribution in [0.1, 0.15) is 6.42 Å². The molecule has 0 saturated heterocycles. The predicted octanol–water partition coefficient (Wildman–Crippen LogP) is 1.70. The van der Waals surface area contributed by atoms with Gasteiger partial charge in [0.1, 0.15) is 0 Å². The van der Waals surface area contributed by atoms with Gasteiger partial charge >= 0.3 is 0 Å². The largest absolute Gasteiger partial charge is 0.349 e. The number of ether oxygens (including phenoxy) is 2. The summed E-state index contributed by atoms with van der Waals surface area (Å²) in [7, 11) is 3.27. The molecule has 0 atom stereocenters. The molecule has 0 saturated carbocycles. The van der Waals surface area contributed by atoms with Gasteiger partial charge in [-0.25, -0.2) is 0 Å². The van der Waals surface area contributed by atoms with Crippen molar-refractivity contribution in [1.29, 1.82) is 0 Å². The smallest absolute Gasteiger partial charge is 0.190 e. The van der Waals surface area contributed by atoms with Crippen molar-refractivity contribution in [1.82, 2.24) is 0 Å². The second kappa shape index (κ2) is 3.20. The van der Waals surface area contributed by atoms with Gasteiger partial charge in [0.15, 0.2) is 5.79 Å². The summed E-state index contributed by atoms with van der Waals surface area (Å²) in [4.78, 5) is 0. The molecule has 1 aliphatic carbocycles. The van der Waals surface area contributed by atoms with Crippen molar-refractivity contribution in [2.45, 2.75) is 12.2 Å². The Morgan fingerprint density at radius 1 is 1.45 bits per heavy atom. The molecule has 0 bridgehead atoms. The highest BCUT2D eigenvalue weighted by Gasteiger charge is 2.26. The average molecular weight is 153 g/mol. The van der Waals surface area contributed by atoms with Crippen molar-refractivity contribution >= 4 is 0 Å². The third kappa shape index (κ3) is 1.70. The Balaban J connectivity index is 2.71. The summed E-state index contributed by atoms with van der Waals surface area (Å²) in [5.74, 6) is -0.554. The fraction of sp³-hybridized carbons (Fsp3) is 0.444. The van der Waals surface area contributed by atoms with Crippen LogP contribution in [0.25, 0.3) is 0 Å². The lowest BCUT2D eigenvalue weighted by molar-refractivity contribution is -0.167. The Morgan fingerprint density at radius 2 is 2.09 bits per heavy atom. The van der Waals surface area contributed by atoms with Gasteiger partial charge in [0.25, 0.3) is 0 Å². The lowest BCUT2D eigenvalue weighted by Crippen LogP contribution is -2.31. The molecular formula is C9H13O2. The molecule has 0 heterocycles. The van der Waals surface area contributed by atoms with E-state index in [0.717, 1.165) is 12.0 Å². The van der Waals surface area contributed by atoms with Gasteiger partial charge in [-0.1, -0.05) is 17.7 Å². The van der Waals surface area contributed by atoms with Crippen molar-refractivity contribution in [3.63, 3.8) is 0 Å². The van der Waals surface area contributed by atoms with E-state index in [1.165, 1.54) is 0 Å². The maximum atomic E-state index is 5.19. The van der Waals surface area contributed by atoms with Crippen LogP contribution in [-0.2, 0) is 9.47 Å². The number of rotatable bonds is 2. The monoisotopic (exact) mass is 153 g/mol. The first-order valence-electron chi connectivity index (χ1n) is 3.54. The Kier molecular flexibility index (Phi) is 2.47. The van der Waals surface area contributed by atoms with E-state index >= 15 is 0 Å².